The molecule has 1 saturated carbocycles. The van der Waals surface area contributed by atoms with Crippen molar-refractivity contribution in [3.8, 4) is 5.75 Å². The third kappa shape index (κ3) is 2.63. The maximum absolute atomic E-state index is 11.1. The van der Waals surface area contributed by atoms with Crippen LogP contribution in [-0.2, 0) is 9.05 Å². The molecule has 1 aromatic carbocycles. The van der Waals surface area contributed by atoms with Crippen molar-refractivity contribution in [3.63, 3.8) is 0 Å². The van der Waals surface area contributed by atoms with Gasteiger partial charge in [0.1, 0.15) is 5.75 Å². The van der Waals surface area contributed by atoms with E-state index < -0.39 is 9.05 Å². The normalized spacial score (nSPS) is 17.1. The summed E-state index contributed by atoms with van der Waals surface area (Å²) in [5.41, 5.74) is 0. The lowest BCUT2D eigenvalue weighted by atomic mass is 9.96. The molecular weight excluding hydrogens is 236 g/mol. The molecule has 0 atom stereocenters. The van der Waals surface area contributed by atoms with E-state index in [1.165, 1.54) is 18.6 Å². The van der Waals surface area contributed by atoms with E-state index in [0.29, 0.717) is 5.75 Å². The third-order valence-corrected chi connectivity index (χ3v) is 3.79. The smallest absolute Gasteiger partial charge is 0.261 e. The molecule has 0 heterocycles. The fourth-order valence-electron chi connectivity index (χ4n) is 1.38. The minimum absolute atomic E-state index is 0.0843. The topological polar surface area (TPSA) is 43.4 Å². The fourth-order valence-corrected chi connectivity index (χ4v) is 2.17. The molecule has 2 rings (SSSR count). The summed E-state index contributed by atoms with van der Waals surface area (Å²) in [6, 6.07) is 6.28. The van der Waals surface area contributed by atoms with Crippen LogP contribution in [0, 0.1) is 0 Å². The van der Waals surface area contributed by atoms with E-state index in [9.17, 15) is 8.42 Å². The number of benzene rings is 1. The molecule has 1 aromatic rings. The summed E-state index contributed by atoms with van der Waals surface area (Å²) < 4.78 is 27.7. The van der Waals surface area contributed by atoms with E-state index in [0.717, 1.165) is 12.8 Å². The van der Waals surface area contributed by atoms with Gasteiger partial charge in [-0.2, -0.15) is 0 Å². The molecule has 0 amide bonds. The van der Waals surface area contributed by atoms with E-state index in [1.54, 1.807) is 12.1 Å². The lowest BCUT2D eigenvalue weighted by molar-refractivity contribution is 0.120. The summed E-state index contributed by atoms with van der Waals surface area (Å²) in [5, 5.41) is 0. The SMILES string of the molecule is O=S(=O)(Cl)c1cccc(OC2CCC2)c1. The highest BCUT2D eigenvalue weighted by molar-refractivity contribution is 8.13. The second kappa shape index (κ2) is 4.02. The Kier molecular flexibility index (Phi) is 2.89. The first-order valence-electron chi connectivity index (χ1n) is 4.77. The van der Waals surface area contributed by atoms with E-state index >= 15 is 0 Å². The Morgan fingerprint density at radius 2 is 2.07 bits per heavy atom. The van der Waals surface area contributed by atoms with Gasteiger partial charge in [-0.05, 0) is 31.4 Å². The van der Waals surface area contributed by atoms with Gasteiger partial charge in [0.05, 0.1) is 11.0 Å². The molecule has 5 heteroatoms. The summed E-state index contributed by atoms with van der Waals surface area (Å²) in [6.07, 6.45) is 3.49. The average Bonchev–Trinajstić information content (AvgIpc) is 2.11. The molecule has 0 unspecified atom stereocenters. The number of halogens is 1. The maximum Gasteiger partial charge on any atom is 0.261 e. The van der Waals surface area contributed by atoms with E-state index in [1.807, 2.05) is 0 Å². The number of hydrogen-bond donors (Lipinski definition) is 0. The monoisotopic (exact) mass is 246 g/mol. The molecule has 1 fully saturated rings. The van der Waals surface area contributed by atoms with Gasteiger partial charge in [-0.15, -0.1) is 0 Å². The maximum atomic E-state index is 11.1. The van der Waals surface area contributed by atoms with Crippen molar-refractivity contribution in [2.24, 2.45) is 0 Å². The Labute approximate surface area is 93.4 Å². The summed E-state index contributed by atoms with van der Waals surface area (Å²) in [6.45, 7) is 0. The first-order chi connectivity index (χ1) is 7.05. The van der Waals surface area contributed by atoms with Crippen molar-refractivity contribution in [2.45, 2.75) is 30.3 Å². The van der Waals surface area contributed by atoms with Crippen LogP contribution in [0.4, 0.5) is 0 Å². The van der Waals surface area contributed by atoms with Crippen LogP contribution >= 0.6 is 10.7 Å². The molecule has 0 radical (unpaired) electrons. The second-order valence-corrected chi connectivity index (χ2v) is 6.15. The molecule has 0 aliphatic heterocycles. The molecule has 3 nitrogen and oxygen atoms in total. The molecule has 0 bridgehead atoms. The van der Waals surface area contributed by atoms with E-state index in [-0.39, 0.29) is 11.0 Å². The van der Waals surface area contributed by atoms with Crippen LogP contribution < -0.4 is 4.74 Å². The Bertz CT molecular complexity index is 451. The largest absolute Gasteiger partial charge is 0.490 e. The minimum Gasteiger partial charge on any atom is -0.490 e. The number of ether oxygens (including phenoxy) is 1. The first kappa shape index (κ1) is 10.8. The van der Waals surface area contributed by atoms with Gasteiger partial charge in [-0.1, -0.05) is 6.07 Å². The molecular formula is C10H11ClO3S. The molecule has 0 spiro atoms. The highest BCUT2D eigenvalue weighted by atomic mass is 35.7. The van der Waals surface area contributed by atoms with Crippen LogP contribution in [-0.4, -0.2) is 14.5 Å². The fraction of sp³-hybridized carbons (Fsp3) is 0.400. The molecule has 15 heavy (non-hydrogen) atoms. The third-order valence-electron chi connectivity index (χ3n) is 2.44. The summed E-state index contributed by atoms with van der Waals surface area (Å²) in [5.74, 6) is 0.571. The van der Waals surface area contributed by atoms with Gasteiger partial charge in [0.25, 0.3) is 9.05 Å². The zero-order chi connectivity index (χ0) is 10.9. The predicted octanol–water partition coefficient (Wildman–Crippen LogP) is 2.55. The van der Waals surface area contributed by atoms with Crippen molar-refractivity contribution < 1.29 is 13.2 Å². The molecule has 82 valence electrons. The zero-order valence-corrected chi connectivity index (χ0v) is 9.59. The Hall–Kier alpha value is -0.740. The van der Waals surface area contributed by atoms with Crippen LogP contribution in [0.3, 0.4) is 0 Å². The highest BCUT2D eigenvalue weighted by Gasteiger charge is 2.19. The van der Waals surface area contributed by atoms with Crippen molar-refractivity contribution in [1.82, 2.24) is 0 Å². The Balaban J connectivity index is 2.18. The van der Waals surface area contributed by atoms with Crippen LogP contribution in [0.1, 0.15) is 19.3 Å². The molecule has 0 saturated heterocycles. The van der Waals surface area contributed by atoms with Crippen LogP contribution in [0.2, 0.25) is 0 Å². The van der Waals surface area contributed by atoms with Gasteiger partial charge in [0.15, 0.2) is 0 Å². The molecule has 1 aliphatic rings. The summed E-state index contributed by atoms with van der Waals surface area (Å²) >= 11 is 0. The quantitative estimate of drug-likeness (QED) is 0.770. The van der Waals surface area contributed by atoms with E-state index in [4.69, 9.17) is 15.4 Å². The second-order valence-electron chi connectivity index (χ2n) is 3.58. The van der Waals surface area contributed by atoms with Gasteiger partial charge >= 0.3 is 0 Å². The van der Waals surface area contributed by atoms with Gasteiger partial charge < -0.3 is 4.74 Å². The Morgan fingerprint density at radius 1 is 1.33 bits per heavy atom. The van der Waals surface area contributed by atoms with Gasteiger partial charge in [-0.3, -0.25) is 0 Å². The van der Waals surface area contributed by atoms with Crippen molar-refractivity contribution >= 4 is 19.7 Å². The first-order valence-corrected chi connectivity index (χ1v) is 7.08. The van der Waals surface area contributed by atoms with Crippen molar-refractivity contribution in [2.75, 3.05) is 0 Å². The minimum atomic E-state index is -3.66. The predicted molar refractivity (Wildman–Crippen MR) is 57.7 cm³/mol. The van der Waals surface area contributed by atoms with Crippen molar-refractivity contribution in [3.05, 3.63) is 24.3 Å². The lowest BCUT2D eigenvalue weighted by Crippen LogP contribution is -2.24. The lowest BCUT2D eigenvalue weighted by Gasteiger charge is -2.26. The molecule has 0 N–H and O–H groups in total. The summed E-state index contributed by atoms with van der Waals surface area (Å²) in [4.78, 5) is 0.0843. The average molecular weight is 247 g/mol. The Morgan fingerprint density at radius 3 is 2.60 bits per heavy atom. The summed E-state index contributed by atoms with van der Waals surface area (Å²) in [7, 11) is 1.57. The zero-order valence-electron chi connectivity index (χ0n) is 8.02. The van der Waals surface area contributed by atoms with E-state index in [2.05, 4.69) is 0 Å². The van der Waals surface area contributed by atoms with Gasteiger partial charge in [0, 0.05) is 16.7 Å². The molecule has 0 aromatic heterocycles. The van der Waals surface area contributed by atoms with Crippen LogP contribution in [0.25, 0.3) is 0 Å². The van der Waals surface area contributed by atoms with Crippen LogP contribution in [0.5, 0.6) is 5.75 Å². The van der Waals surface area contributed by atoms with Gasteiger partial charge in [-0.25, -0.2) is 8.42 Å². The highest BCUT2D eigenvalue weighted by Crippen LogP contribution is 2.27. The number of hydrogen-bond acceptors (Lipinski definition) is 3. The standard InChI is InChI=1S/C10H11ClO3S/c11-15(12,13)10-6-2-5-9(7-10)14-8-3-1-4-8/h2,5-8H,1,3-4H2. The number of rotatable bonds is 3. The van der Waals surface area contributed by atoms with Crippen molar-refractivity contribution in [1.29, 1.82) is 0 Å². The van der Waals surface area contributed by atoms with Gasteiger partial charge in [0.2, 0.25) is 0 Å². The van der Waals surface area contributed by atoms with Crippen LogP contribution in [0.15, 0.2) is 29.2 Å². The molecule has 1 aliphatic carbocycles.